The molecule has 1 heteroatoms. The molecule has 0 rings (SSSR count). The van der Waals surface area contributed by atoms with Crippen LogP contribution < -0.4 is 5.73 Å². The average molecular weight is 195 g/mol. The van der Waals surface area contributed by atoms with Gasteiger partial charge in [-0.2, -0.15) is 0 Å². The Balaban J connectivity index is 3.60. The van der Waals surface area contributed by atoms with E-state index in [4.69, 9.17) is 5.73 Å². The second-order valence-electron chi connectivity index (χ2n) is 4.08. The van der Waals surface area contributed by atoms with Crippen molar-refractivity contribution in [1.29, 1.82) is 0 Å². The van der Waals surface area contributed by atoms with Crippen LogP contribution >= 0.6 is 0 Å². The molecule has 14 heavy (non-hydrogen) atoms. The number of rotatable bonds is 7. The lowest BCUT2D eigenvalue weighted by molar-refractivity contribution is 0.371. The molecule has 82 valence electrons. The van der Waals surface area contributed by atoms with Crippen molar-refractivity contribution in [1.82, 2.24) is 0 Å². The van der Waals surface area contributed by atoms with E-state index in [2.05, 4.69) is 45.1 Å². The first kappa shape index (κ1) is 13.4. The molecule has 1 unspecified atom stereocenters. The first-order chi connectivity index (χ1) is 6.72. The number of allylic oxidation sites excluding steroid dienone is 4. The topological polar surface area (TPSA) is 26.0 Å². The van der Waals surface area contributed by atoms with Gasteiger partial charge >= 0.3 is 0 Å². The summed E-state index contributed by atoms with van der Waals surface area (Å²) < 4.78 is 0. The van der Waals surface area contributed by atoms with Gasteiger partial charge in [-0.15, -0.1) is 0 Å². The molecule has 1 nitrogen and oxygen atoms in total. The van der Waals surface area contributed by atoms with Gasteiger partial charge in [-0.3, -0.25) is 0 Å². The van der Waals surface area contributed by atoms with Gasteiger partial charge in [-0.05, 0) is 37.6 Å². The smallest absolute Gasteiger partial charge is 0.00463 e. The fourth-order valence-corrected chi connectivity index (χ4v) is 1.42. The van der Waals surface area contributed by atoms with Crippen molar-refractivity contribution in [3.63, 3.8) is 0 Å². The molecular weight excluding hydrogens is 170 g/mol. The molecule has 0 saturated carbocycles. The van der Waals surface area contributed by atoms with E-state index in [1.165, 1.54) is 6.42 Å². The zero-order valence-corrected chi connectivity index (χ0v) is 9.87. The Kier molecular flexibility index (Phi) is 8.65. The van der Waals surface area contributed by atoms with Gasteiger partial charge < -0.3 is 5.73 Å². The summed E-state index contributed by atoms with van der Waals surface area (Å²) >= 11 is 0. The molecule has 0 amide bonds. The Morgan fingerprint density at radius 2 is 1.79 bits per heavy atom. The quantitative estimate of drug-likeness (QED) is 0.618. The minimum Gasteiger partial charge on any atom is -0.330 e. The highest BCUT2D eigenvalue weighted by molar-refractivity contribution is 5.01. The molecule has 0 heterocycles. The second kappa shape index (κ2) is 9.01. The zero-order valence-electron chi connectivity index (χ0n) is 9.87. The second-order valence-corrected chi connectivity index (χ2v) is 4.08. The van der Waals surface area contributed by atoms with E-state index in [9.17, 15) is 0 Å². The minimum absolute atomic E-state index is 0.676. The number of hydrogen-bond donors (Lipinski definition) is 1. The maximum atomic E-state index is 5.70. The van der Waals surface area contributed by atoms with Gasteiger partial charge in [0.15, 0.2) is 0 Å². The van der Waals surface area contributed by atoms with Gasteiger partial charge in [-0.1, -0.05) is 45.1 Å². The normalized spacial score (nSPS) is 14.6. The Hall–Kier alpha value is -0.560. The van der Waals surface area contributed by atoms with Crippen molar-refractivity contribution in [2.24, 2.45) is 17.6 Å². The first-order valence-electron chi connectivity index (χ1n) is 5.74. The van der Waals surface area contributed by atoms with Crippen molar-refractivity contribution < 1.29 is 0 Å². The maximum Gasteiger partial charge on any atom is -0.00463 e. The number of hydrogen-bond acceptors (Lipinski definition) is 1. The lowest BCUT2D eigenvalue weighted by Gasteiger charge is -2.17. The highest BCUT2D eigenvalue weighted by Gasteiger charge is 2.09. The summed E-state index contributed by atoms with van der Waals surface area (Å²) in [6, 6.07) is 0. The molecule has 0 spiro atoms. The van der Waals surface area contributed by atoms with Crippen molar-refractivity contribution in [2.75, 3.05) is 6.54 Å². The van der Waals surface area contributed by atoms with Crippen LogP contribution in [-0.4, -0.2) is 6.54 Å². The van der Waals surface area contributed by atoms with Crippen molar-refractivity contribution in [3.8, 4) is 0 Å². The van der Waals surface area contributed by atoms with Gasteiger partial charge in [0, 0.05) is 0 Å². The average Bonchev–Trinajstić information content (AvgIpc) is 2.16. The standard InChI is InChI=1S/C13H25N/c1-4-5-6-7-8-9-10-13(11-14)12(2)3/h5-8,12-13H,4,9-11,14H2,1-3H3/b6-5-,8-7-. The summed E-state index contributed by atoms with van der Waals surface area (Å²) in [7, 11) is 0. The lowest BCUT2D eigenvalue weighted by atomic mass is 9.91. The van der Waals surface area contributed by atoms with Gasteiger partial charge in [0.2, 0.25) is 0 Å². The summed E-state index contributed by atoms with van der Waals surface area (Å²) in [5, 5.41) is 0. The fourth-order valence-electron chi connectivity index (χ4n) is 1.42. The summed E-state index contributed by atoms with van der Waals surface area (Å²) in [6.07, 6.45) is 12.1. The Morgan fingerprint density at radius 3 is 2.29 bits per heavy atom. The van der Waals surface area contributed by atoms with Gasteiger partial charge in [0.25, 0.3) is 0 Å². The molecule has 1 atom stereocenters. The molecule has 2 N–H and O–H groups in total. The Morgan fingerprint density at radius 1 is 1.14 bits per heavy atom. The molecule has 0 radical (unpaired) electrons. The lowest BCUT2D eigenvalue weighted by Crippen LogP contribution is -2.19. The van der Waals surface area contributed by atoms with E-state index in [-0.39, 0.29) is 0 Å². The van der Waals surface area contributed by atoms with Crippen LogP contribution in [0.1, 0.15) is 40.0 Å². The van der Waals surface area contributed by atoms with Crippen LogP contribution in [0, 0.1) is 11.8 Å². The largest absolute Gasteiger partial charge is 0.330 e. The molecule has 0 aromatic heterocycles. The molecule has 0 aromatic rings. The Labute approximate surface area is 89.1 Å². The molecule has 0 aliphatic carbocycles. The van der Waals surface area contributed by atoms with Crippen LogP contribution in [-0.2, 0) is 0 Å². The third kappa shape index (κ3) is 6.90. The summed E-state index contributed by atoms with van der Waals surface area (Å²) in [5.41, 5.74) is 5.70. The van der Waals surface area contributed by atoms with E-state index >= 15 is 0 Å². The Bertz CT molecular complexity index is 168. The molecule has 0 fully saturated rings. The fraction of sp³-hybridized carbons (Fsp3) is 0.692. The maximum absolute atomic E-state index is 5.70. The highest BCUT2D eigenvalue weighted by Crippen LogP contribution is 2.15. The van der Waals surface area contributed by atoms with E-state index in [0.717, 1.165) is 19.4 Å². The zero-order chi connectivity index (χ0) is 10.8. The van der Waals surface area contributed by atoms with E-state index in [1.54, 1.807) is 0 Å². The minimum atomic E-state index is 0.676. The number of nitrogens with two attached hydrogens (primary N) is 1. The van der Waals surface area contributed by atoms with Gasteiger partial charge in [-0.25, -0.2) is 0 Å². The van der Waals surface area contributed by atoms with Crippen molar-refractivity contribution in [3.05, 3.63) is 24.3 Å². The third-order valence-electron chi connectivity index (χ3n) is 2.57. The molecule has 0 bridgehead atoms. The van der Waals surface area contributed by atoms with Crippen LogP contribution in [0.15, 0.2) is 24.3 Å². The molecule has 0 aromatic carbocycles. The van der Waals surface area contributed by atoms with Crippen LogP contribution in [0.5, 0.6) is 0 Å². The summed E-state index contributed by atoms with van der Waals surface area (Å²) in [5.74, 6) is 1.38. The van der Waals surface area contributed by atoms with E-state index < -0.39 is 0 Å². The van der Waals surface area contributed by atoms with Crippen LogP contribution in [0.4, 0.5) is 0 Å². The van der Waals surface area contributed by atoms with Crippen LogP contribution in [0.2, 0.25) is 0 Å². The van der Waals surface area contributed by atoms with Crippen molar-refractivity contribution in [2.45, 2.75) is 40.0 Å². The van der Waals surface area contributed by atoms with Crippen LogP contribution in [0.25, 0.3) is 0 Å². The SMILES string of the molecule is CC/C=C\C=C/CCC(CN)C(C)C. The van der Waals surface area contributed by atoms with Crippen molar-refractivity contribution >= 4 is 0 Å². The van der Waals surface area contributed by atoms with E-state index in [1.807, 2.05) is 0 Å². The summed E-state index contributed by atoms with van der Waals surface area (Å²) in [6.45, 7) is 7.46. The monoisotopic (exact) mass is 195 g/mol. The van der Waals surface area contributed by atoms with Gasteiger partial charge in [0.05, 0.1) is 0 Å². The molecule has 0 saturated heterocycles. The van der Waals surface area contributed by atoms with E-state index in [0.29, 0.717) is 11.8 Å². The van der Waals surface area contributed by atoms with Gasteiger partial charge in [0.1, 0.15) is 0 Å². The third-order valence-corrected chi connectivity index (χ3v) is 2.57. The highest BCUT2D eigenvalue weighted by atomic mass is 14.5. The predicted molar refractivity (Wildman–Crippen MR) is 65.2 cm³/mol. The molecule has 0 aliphatic rings. The summed E-state index contributed by atoms with van der Waals surface area (Å²) in [4.78, 5) is 0. The predicted octanol–water partition coefficient (Wildman–Crippen LogP) is 3.52. The molecular formula is C13H25N. The first-order valence-corrected chi connectivity index (χ1v) is 5.74. The van der Waals surface area contributed by atoms with Crippen LogP contribution in [0.3, 0.4) is 0 Å². The molecule has 0 aliphatic heterocycles.